The third-order valence-corrected chi connectivity index (χ3v) is 3.20. The molecule has 1 saturated heterocycles. The molecule has 0 bridgehead atoms. The first-order chi connectivity index (χ1) is 8.84. The van der Waals surface area contributed by atoms with E-state index in [-0.39, 0.29) is 17.7 Å². The van der Waals surface area contributed by atoms with Crippen LogP contribution in [-0.4, -0.2) is 41.4 Å². The molecule has 6 heteroatoms. The van der Waals surface area contributed by atoms with Gasteiger partial charge in [0.1, 0.15) is 0 Å². The lowest BCUT2D eigenvalue weighted by Gasteiger charge is -2.26. The molecule has 0 aromatic heterocycles. The fraction of sp³-hybridized carbons (Fsp3) is 0.846. The zero-order chi connectivity index (χ0) is 14.5. The molecule has 1 fully saturated rings. The van der Waals surface area contributed by atoms with Gasteiger partial charge in [-0.3, -0.25) is 0 Å². The molecule has 0 radical (unpaired) electrons. The Morgan fingerprint density at radius 3 is 2.58 bits per heavy atom. The highest BCUT2D eigenvalue weighted by Gasteiger charge is 2.30. The summed E-state index contributed by atoms with van der Waals surface area (Å²) >= 11 is 0. The fourth-order valence-electron chi connectivity index (χ4n) is 2.28. The Labute approximate surface area is 113 Å². The minimum atomic E-state index is -0.934. The molecule has 0 aliphatic carbocycles. The van der Waals surface area contributed by atoms with Crippen LogP contribution < -0.4 is 10.6 Å². The van der Waals surface area contributed by atoms with Crippen LogP contribution in [-0.2, 0) is 9.53 Å². The van der Waals surface area contributed by atoms with Gasteiger partial charge in [-0.1, -0.05) is 13.3 Å². The zero-order valence-corrected chi connectivity index (χ0v) is 11.9. The average molecular weight is 272 g/mol. The van der Waals surface area contributed by atoms with Crippen molar-refractivity contribution in [3.63, 3.8) is 0 Å². The maximum absolute atomic E-state index is 11.7. The molecule has 2 atom stereocenters. The van der Waals surface area contributed by atoms with E-state index in [1.54, 1.807) is 0 Å². The highest BCUT2D eigenvalue weighted by molar-refractivity contribution is 5.75. The second kappa shape index (κ2) is 6.75. The Kier molecular flexibility index (Phi) is 5.60. The summed E-state index contributed by atoms with van der Waals surface area (Å²) in [4.78, 5) is 22.4. The molecule has 19 heavy (non-hydrogen) atoms. The van der Waals surface area contributed by atoms with Crippen LogP contribution in [0.5, 0.6) is 0 Å². The van der Waals surface area contributed by atoms with Gasteiger partial charge in [-0.05, 0) is 33.1 Å². The SMILES string of the molecule is CCCC(C)(C)NC(=O)NCC1CCC(C(=O)O)O1. The third-order valence-electron chi connectivity index (χ3n) is 3.20. The van der Waals surface area contributed by atoms with Crippen LogP contribution in [0.25, 0.3) is 0 Å². The summed E-state index contributed by atoms with van der Waals surface area (Å²) in [5, 5.41) is 14.4. The van der Waals surface area contributed by atoms with Gasteiger partial charge in [0, 0.05) is 12.1 Å². The first-order valence-electron chi connectivity index (χ1n) is 6.78. The number of ether oxygens (including phenoxy) is 1. The van der Waals surface area contributed by atoms with Crippen LogP contribution in [0.15, 0.2) is 0 Å². The Balaban J connectivity index is 2.26. The van der Waals surface area contributed by atoms with E-state index >= 15 is 0 Å². The van der Waals surface area contributed by atoms with Gasteiger partial charge in [0.25, 0.3) is 0 Å². The second-order valence-corrected chi connectivity index (χ2v) is 5.63. The van der Waals surface area contributed by atoms with E-state index in [2.05, 4.69) is 17.6 Å². The maximum atomic E-state index is 11.7. The molecule has 0 spiro atoms. The van der Waals surface area contributed by atoms with Crippen LogP contribution >= 0.6 is 0 Å². The standard InChI is InChI=1S/C13H24N2O4/c1-4-7-13(2,3)15-12(18)14-8-9-5-6-10(19-9)11(16)17/h9-10H,4-8H2,1-3H3,(H,16,17)(H2,14,15,18). The quantitative estimate of drug-likeness (QED) is 0.683. The summed E-state index contributed by atoms with van der Waals surface area (Å²) in [5.41, 5.74) is -0.237. The molecule has 110 valence electrons. The van der Waals surface area contributed by atoms with Gasteiger partial charge in [-0.25, -0.2) is 9.59 Å². The molecule has 3 N–H and O–H groups in total. The number of aliphatic carboxylic acids is 1. The Morgan fingerprint density at radius 1 is 1.37 bits per heavy atom. The van der Waals surface area contributed by atoms with E-state index in [0.29, 0.717) is 19.4 Å². The number of carboxylic acid groups (broad SMARTS) is 1. The third kappa shape index (κ3) is 5.46. The number of amides is 2. The number of carboxylic acids is 1. The lowest BCUT2D eigenvalue weighted by molar-refractivity contribution is -0.149. The normalized spacial score (nSPS) is 23.1. The van der Waals surface area contributed by atoms with E-state index in [1.807, 2.05) is 13.8 Å². The topological polar surface area (TPSA) is 87.7 Å². The van der Waals surface area contributed by atoms with Crippen LogP contribution in [0.4, 0.5) is 4.79 Å². The highest BCUT2D eigenvalue weighted by atomic mass is 16.5. The zero-order valence-electron chi connectivity index (χ0n) is 11.9. The van der Waals surface area contributed by atoms with E-state index in [0.717, 1.165) is 12.8 Å². The van der Waals surface area contributed by atoms with Crippen LogP contribution in [0, 0.1) is 0 Å². The van der Waals surface area contributed by atoms with E-state index in [4.69, 9.17) is 9.84 Å². The Hall–Kier alpha value is -1.30. The Bertz CT molecular complexity index is 331. The molecule has 1 aliphatic heterocycles. The van der Waals surface area contributed by atoms with Gasteiger partial charge in [0.15, 0.2) is 6.10 Å². The number of rotatable bonds is 6. The van der Waals surface area contributed by atoms with Crippen molar-refractivity contribution in [2.24, 2.45) is 0 Å². The molecule has 1 heterocycles. The number of hydrogen-bond donors (Lipinski definition) is 3. The maximum Gasteiger partial charge on any atom is 0.332 e. The molecule has 2 amide bonds. The van der Waals surface area contributed by atoms with Crippen molar-refractivity contribution in [1.29, 1.82) is 0 Å². The van der Waals surface area contributed by atoms with Gasteiger partial charge in [-0.15, -0.1) is 0 Å². The van der Waals surface area contributed by atoms with Crippen molar-refractivity contribution >= 4 is 12.0 Å². The van der Waals surface area contributed by atoms with Gasteiger partial charge in [0.2, 0.25) is 0 Å². The number of hydrogen-bond acceptors (Lipinski definition) is 3. The van der Waals surface area contributed by atoms with Gasteiger partial charge < -0.3 is 20.5 Å². The minimum absolute atomic E-state index is 0.207. The monoisotopic (exact) mass is 272 g/mol. The smallest absolute Gasteiger partial charge is 0.332 e. The molecule has 6 nitrogen and oxygen atoms in total. The van der Waals surface area contributed by atoms with Gasteiger partial charge in [-0.2, -0.15) is 0 Å². The van der Waals surface area contributed by atoms with Crippen molar-refractivity contribution in [3.05, 3.63) is 0 Å². The van der Waals surface area contributed by atoms with Crippen molar-refractivity contribution in [3.8, 4) is 0 Å². The molecule has 1 aliphatic rings. The van der Waals surface area contributed by atoms with Crippen LogP contribution in [0.2, 0.25) is 0 Å². The molecule has 0 saturated carbocycles. The molecule has 1 rings (SSSR count). The number of nitrogens with one attached hydrogen (secondary N) is 2. The highest BCUT2D eigenvalue weighted by Crippen LogP contribution is 2.19. The van der Waals surface area contributed by atoms with Crippen molar-refractivity contribution in [1.82, 2.24) is 10.6 Å². The van der Waals surface area contributed by atoms with Crippen molar-refractivity contribution in [2.45, 2.75) is 64.2 Å². The first-order valence-corrected chi connectivity index (χ1v) is 6.78. The average Bonchev–Trinajstić information content (AvgIpc) is 2.74. The van der Waals surface area contributed by atoms with Gasteiger partial charge in [0.05, 0.1) is 6.10 Å². The lowest BCUT2D eigenvalue weighted by atomic mass is 9.99. The second-order valence-electron chi connectivity index (χ2n) is 5.63. The summed E-state index contributed by atoms with van der Waals surface area (Å²) in [6, 6.07) is -0.235. The van der Waals surface area contributed by atoms with Gasteiger partial charge >= 0.3 is 12.0 Å². The number of carbonyl (C=O) groups excluding carboxylic acids is 1. The summed E-state index contributed by atoms with van der Waals surface area (Å²) in [7, 11) is 0. The predicted molar refractivity (Wildman–Crippen MR) is 71.1 cm³/mol. The first kappa shape index (κ1) is 15.8. The largest absolute Gasteiger partial charge is 0.479 e. The Morgan fingerprint density at radius 2 is 2.05 bits per heavy atom. The van der Waals surface area contributed by atoms with Crippen molar-refractivity contribution < 1.29 is 19.4 Å². The van der Waals surface area contributed by atoms with E-state index < -0.39 is 12.1 Å². The summed E-state index contributed by atoms with van der Waals surface area (Å²) < 4.78 is 5.31. The number of carbonyl (C=O) groups is 2. The summed E-state index contributed by atoms with van der Waals surface area (Å²) in [5.74, 6) is -0.934. The predicted octanol–water partition coefficient (Wildman–Crippen LogP) is 1.50. The van der Waals surface area contributed by atoms with Crippen LogP contribution in [0.3, 0.4) is 0 Å². The molecule has 0 aromatic carbocycles. The summed E-state index contributed by atoms with van der Waals surface area (Å²) in [6.07, 6.45) is 2.13. The molecule has 2 unspecified atom stereocenters. The fourth-order valence-corrected chi connectivity index (χ4v) is 2.28. The van der Waals surface area contributed by atoms with E-state index in [1.165, 1.54) is 0 Å². The molecular formula is C13H24N2O4. The van der Waals surface area contributed by atoms with E-state index in [9.17, 15) is 9.59 Å². The minimum Gasteiger partial charge on any atom is -0.479 e. The number of urea groups is 1. The van der Waals surface area contributed by atoms with Crippen LogP contribution in [0.1, 0.15) is 46.5 Å². The summed E-state index contributed by atoms with van der Waals surface area (Å²) in [6.45, 7) is 6.36. The van der Waals surface area contributed by atoms with Crippen molar-refractivity contribution in [2.75, 3.05) is 6.54 Å². The molecule has 0 aromatic rings. The lowest BCUT2D eigenvalue weighted by Crippen LogP contribution is -2.49. The molecular weight excluding hydrogens is 248 g/mol.